The first-order valence-electron chi connectivity index (χ1n) is 5.55. The average Bonchev–Trinajstić information content (AvgIpc) is 2.64. The highest BCUT2D eigenvalue weighted by Gasteiger charge is 2.47. The Morgan fingerprint density at radius 1 is 1.50 bits per heavy atom. The first kappa shape index (κ1) is 10.4. The SMILES string of the molecule is CC1(C)C(N)CC1OCC1CCOC1. The standard InChI is InChI=1S/C11H21NO2/c1-11(2)9(12)5-10(11)14-7-8-3-4-13-6-8/h8-10H,3-7,12H2,1-2H3. The summed E-state index contributed by atoms with van der Waals surface area (Å²) in [4.78, 5) is 0. The molecule has 2 aliphatic rings. The van der Waals surface area contributed by atoms with Crippen LogP contribution < -0.4 is 5.73 Å². The predicted octanol–water partition coefficient (Wildman–Crippen LogP) is 1.17. The van der Waals surface area contributed by atoms with Crippen LogP contribution in [0.15, 0.2) is 0 Å². The minimum absolute atomic E-state index is 0.166. The molecule has 0 amide bonds. The molecule has 14 heavy (non-hydrogen) atoms. The van der Waals surface area contributed by atoms with Crippen LogP contribution in [-0.4, -0.2) is 32.0 Å². The van der Waals surface area contributed by atoms with Crippen LogP contribution in [0.4, 0.5) is 0 Å². The maximum atomic E-state index is 5.93. The third-order valence-electron chi connectivity index (χ3n) is 3.81. The number of hydrogen-bond donors (Lipinski definition) is 1. The molecule has 0 radical (unpaired) electrons. The summed E-state index contributed by atoms with van der Waals surface area (Å²) in [6.45, 7) is 7.01. The molecule has 1 heterocycles. The van der Waals surface area contributed by atoms with Gasteiger partial charge in [0.1, 0.15) is 0 Å². The summed E-state index contributed by atoms with van der Waals surface area (Å²) in [5, 5.41) is 0. The molecular weight excluding hydrogens is 178 g/mol. The van der Waals surface area contributed by atoms with Crippen molar-refractivity contribution in [2.24, 2.45) is 17.1 Å². The molecule has 3 unspecified atom stereocenters. The van der Waals surface area contributed by atoms with Crippen LogP contribution >= 0.6 is 0 Å². The van der Waals surface area contributed by atoms with Gasteiger partial charge in [0.2, 0.25) is 0 Å². The molecule has 3 heteroatoms. The van der Waals surface area contributed by atoms with Crippen molar-refractivity contribution in [1.82, 2.24) is 0 Å². The summed E-state index contributed by atoms with van der Waals surface area (Å²) in [5.41, 5.74) is 6.09. The maximum Gasteiger partial charge on any atom is 0.0655 e. The molecule has 0 aromatic heterocycles. The number of rotatable bonds is 3. The van der Waals surface area contributed by atoms with Gasteiger partial charge in [-0.3, -0.25) is 0 Å². The summed E-state index contributed by atoms with van der Waals surface area (Å²) in [6, 6.07) is 0.312. The van der Waals surface area contributed by atoms with Gasteiger partial charge >= 0.3 is 0 Å². The lowest BCUT2D eigenvalue weighted by atomic mass is 9.65. The van der Waals surface area contributed by atoms with Crippen molar-refractivity contribution >= 4 is 0 Å². The van der Waals surface area contributed by atoms with E-state index < -0.39 is 0 Å². The highest BCUT2D eigenvalue weighted by molar-refractivity contribution is 5.00. The van der Waals surface area contributed by atoms with Crippen LogP contribution in [0.25, 0.3) is 0 Å². The third kappa shape index (κ3) is 1.81. The predicted molar refractivity (Wildman–Crippen MR) is 55.0 cm³/mol. The number of ether oxygens (including phenoxy) is 2. The van der Waals surface area contributed by atoms with E-state index in [-0.39, 0.29) is 5.41 Å². The average molecular weight is 199 g/mol. The molecule has 0 aromatic rings. The molecular formula is C11H21NO2. The van der Waals surface area contributed by atoms with Crippen molar-refractivity contribution in [3.8, 4) is 0 Å². The van der Waals surface area contributed by atoms with Gasteiger partial charge in [0.15, 0.2) is 0 Å². The quantitative estimate of drug-likeness (QED) is 0.742. The zero-order valence-corrected chi connectivity index (χ0v) is 9.16. The lowest BCUT2D eigenvalue weighted by Gasteiger charge is -2.50. The minimum Gasteiger partial charge on any atom is -0.381 e. The van der Waals surface area contributed by atoms with E-state index >= 15 is 0 Å². The summed E-state index contributed by atoms with van der Waals surface area (Å²) >= 11 is 0. The molecule has 1 aliphatic carbocycles. The fourth-order valence-corrected chi connectivity index (χ4v) is 2.17. The Morgan fingerprint density at radius 3 is 2.79 bits per heavy atom. The summed E-state index contributed by atoms with van der Waals surface area (Å²) in [7, 11) is 0. The summed E-state index contributed by atoms with van der Waals surface area (Å²) in [6.07, 6.45) is 2.53. The van der Waals surface area contributed by atoms with Crippen LogP contribution in [0.2, 0.25) is 0 Å². The molecule has 1 saturated carbocycles. The second kappa shape index (κ2) is 3.80. The van der Waals surface area contributed by atoms with Crippen molar-refractivity contribution < 1.29 is 9.47 Å². The molecule has 2 fully saturated rings. The van der Waals surface area contributed by atoms with E-state index in [0.29, 0.717) is 18.1 Å². The van der Waals surface area contributed by atoms with Crippen LogP contribution in [0, 0.1) is 11.3 Å². The second-order valence-corrected chi connectivity index (χ2v) is 5.22. The van der Waals surface area contributed by atoms with E-state index in [1.807, 2.05) is 0 Å². The van der Waals surface area contributed by atoms with Gasteiger partial charge in [0.05, 0.1) is 19.3 Å². The van der Waals surface area contributed by atoms with Crippen LogP contribution in [0.5, 0.6) is 0 Å². The fourth-order valence-electron chi connectivity index (χ4n) is 2.17. The molecule has 1 aliphatic heterocycles. The van der Waals surface area contributed by atoms with E-state index in [0.717, 1.165) is 32.7 Å². The first-order chi connectivity index (χ1) is 6.60. The van der Waals surface area contributed by atoms with Gasteiger partial charge in [0.25, 0.3) is 0 Å². The Morgan fingerprint density at radius 2 is 2.29 bits per heavy atom. The largest absolute Gasteiger partial charge is 0.381 e. The highest BCUT2D eigenvalue weighted by Crippen LogP contribution is 2.41. The monoisotopic (exact) mass is 199 g/mol. The van der Waals surface area contributed by atoms with E-state index in [9.17, 15) is 0 Å². The Balaban J connectivity index is 1.71. The van der Waals surface area contributed by atoms with E-state index in [2.05, 4.69) is 13.8 Å². The van der Waals surface area contributed by atoms with Crippen LogP contribution in [0.1, 0.15) is 26.7 Å². The van der Waals surface area contributed by atoms with Crippen LogP contribution in [-0.2, 0) is 9.47 Å². The molecule has 0 spiro atoms. The van der Waals surface area contributed by atoms with Crippen molar-refractivity contribution in [1.29, 1.82) is 0 Å². The Bertz CT molecular complexity index is 199. The van der Waals surface area contributed by atoms with Gasteiger partial charge in [-0.2, -0.15) is 0 Å². The third-order valence-corrected chi connectivity index (χ3v) is 3.81. The van der Waals surface area contributed by atoms with E-state index in [4.69, 9.17) is 15.2 Å². The number of nitrogens with two attached hydrogens (primary N) is 1. The van der Waals surface area contributed by atoms with Gasteiger partial charge in [0, 0.05) is 24.0 Å². The van der Waals surface area contributed by atoms with Gasteiger partial charge in [-0.05, 0) is 12.8 Å². The zero-order valence-electron chi connectivity index (χ0n) is 9.16. The van der Waals surface area contributed by atoms with Crippen molar-refractivity contribution in [2.45, 2.75) is 38.8 Å². The zero-order chi connectivity index (χ0) is 10.2. The molecule has 82 valence electrons. The smallest absolute Gasteiger partial charge is 0.0655 e. The van der Waals surface area contributed by atoms with Crippen molar-refractivity contribution in [3.63, 3.8) is 0 Å². The number of hydrogen-bond acceptors (Lipinski definition) is 3. The second-order valence-electron chi connectivity index (χ2n) is 5.22. The van der Waals surface area contributed by atoms with Crippen molar-refractivity contribution in [2.75, 3.05) is 19.8 Å². The molecule has 0 bridgehead atoms. The van der Waals surface area contributed by atoms with Crippen molar-refractivity contribution in [3.05, 3.63) is 0 Å². The van der Waals surface area contributed by atoms with Gasteiger partial charge in [-0.25, -0.2) is 0 Å². The topological polar surface area (TPSA) is 44.5 Å². The Hall–Kier alpha value is -0.120. The summed E-state index contributed by atoms with van der Waals surface area (Å²) in [5.74, 6) is 0.614. The van der Waals surface area contributed by atoms with E-state index in [1.54, 1.807) is 0 Å². The lowest BCUT2D eigenvalue weighted by Crippen LogP contribution is -2.59. The molecule has 2 N–H and O–H groups in total. The first-order valence-corrected chi connectivity index (χ1v) is 5.55. The Kier molecular flexibility index (Phi) is 2.82. The summed E-state index contributed by atoms with van der Waals surface area (Å²) < 4.78 is 11.2. The molecule has 2 rings (SSSR count). The molecule has 3 nitrogen and oxygen atoms in total. The van der Waals surface area contributed by atoms with Crippen LogP contribution in [0.3, 0.4) is 0 Å². The molecule has 0 aromatic carbocycles. The highest BCUT2D eigenvalue weighted by atomic mass is 16.5. The van der Waals surface area contributed by atoms with Gasteiger partial charge in [-0.1, -0.05) is 13.8 Å². The normalized spacial score (nSPS) is 40.9. The van der Waals surface area contributed by atoms with E-state index in [1.165, 1.54) is 0 Å². The van der Waals surface area contributed by atoms with Gasteiger partial charge in [-0.15, -0.1) is 0 Å². The molecule has 3 atom stereocenters. The molecule has 1 saturated heterocycles. The fraction of sp³-hybridized carbons (Fsp3) is 1.00. The van der Waals surface area contributed by atoms with Gasteiger partial charge < -0.3 is 15.2 Å². The lowest BCUT2D eigenvalue weighted by molar-refractivity contribution is -0.116. The maximum absolute atomic E-state index is 5.93. The Labute approximate surface area is 85.9 Å². The minimum atomic E-state index is 0.166.